The maximum atomic E-state index is 11.5. The van der Waals surface area contributed by atoms with E-state index in [-0.39, 0.29) is 21.9 Å². The quantitative estimate of drug-likeness (QED) is 0.513. The fourth-order valence-corrected chi connectivity index (χ4v) is 1.63. The SMILES string of the molecule is O=C(CCCCCl)Nc1c(Cl)ncnc1Cl. The predicted molar refractivity (Wildman–Crippen MR) is 65.3 cm³/mol. The van der Waals surface area contributed by atoms with Gasteiger partial charge in [0.15, 0.2) is 10.3 Å². The topological polar surface area (TPSA) is 54.9 Å². The van der Waals surface area contributed by atoms with Gasteiger partial charge in [-0.05, 0) is 12.8 Å². The predicted octanol–water partition coefficient (Wildman–Crippen LogP) is 3.13. The van der Waals surface area contributed by atoms with Crippen molar-refractivity contribution in [2.75, 3.05) is 11.2 Å². The van der Waals surface area contributed by atoms with Crippen LogP contribution in [0.2, 0.25) is 10.3 Å². The number of carbonyl (C=O) groups is 1. The summed E-state index contributed by atoms with van der Waals surface area (Å²) in [4.78, 5) is 18.9. The van der Waals surface area contributed by atoms with Crippen molar-refractivity contribution in [2.45, 2.75) is 19.3 Å². The van der Waals surface area contributed by atoms with E-state index >= 15 is 0 Å². The van der Waals surface area contributed by atoms with E-state index in [1.54, 1.807) is 0 Å². The number of anilines is 1. The summed E-state index contributed by atoms with van der Waals surface area (Å²) in [6.07, 6.45) is 3.11. The Hall–Kier alpha value is -0.580. The molecule has 0 aromatic carbocycles. The monoisotopic (exact) mass is 281 g/mol. The van der Waals surface area contributed by atoms with E-state index in [0.717, 1.165) is 12.8 Å². The summed E-state index contributed by atoms with van der Waals surface area (Å²) in [6, 6.07) is 0. The molecule has 1 aromatic rings. The van der Waals surface area contributed by atoms with E-state index < -0.39 is 0 Å². The van der Waals surface area contributed by atoms with Gasteiger partial charge in [0.25, 0.3) is 0 Å². The largest absolute Gasteiger partial charge is 0.321 e. The number of unbranched alkanes of at least 4 members (excludes halogenated alkanes) is 1. The highest BCUT2D eigenvalue weighted by Crippen LogP contribution is 2.25. The lowest BCUT2D eigenvalue weighted by Gasteiger charge is -2.06. The first-order valence-electron chi connectivity index (χ1n) is 4.67. The highest BCUT2D eigenvalue weighted by Gasteiger charge is 2.11. The molecular weight excluding hydrogens is 272 g/mol. The maximum absolute atomic E-state index is 11.5. The van der Waals surface area contributed by atoms with Gasteiger partial charge in [-0.3, -0.25) is 4.79 Å². The number of hydrogen-bond donors (Lipinski definition) is 1. The third kappa shape index (κ3) is 4.12. The van der Waals surface area contributed by atoms with Crippen LogP contribution in [0.15, 0.2) is 6.33 Å². The van der Waals surface area contributed by atoms with E-state index in [9.17, 15) is 4.79 Å². The minimum atomic E-state index is -0.177. The summed E-state index contributed by atoms with van der Waals surface area (Å²) >= 11 is 17.0. The molecule has 0 aliphatic heterocycles. The molecule has 1 N–H and O–H groups in total. The number of carbonyl (C=O) groups excluding carboxylic acids is 1. The molecule has 0 aliphatic rings. The van der Waals surface area contributed by atoms with E-state index in [0.29, 0.717) is 12.3 Å². The number of nitrogens with zero attached hydrogens (tertiary/aromatic N) is 2. The van der Waals surface area contributed by atoms with Crippen molar-refractivity contribution < 1.29 is 4.79 Å². The van der Waals surface area contributed by atoms with Gasteiger partial charge in [0.1, 0.15) is 12.0 Å². The van der Waals surface area contributed by atoms with E-state index in [4.69, 9.17) is 34.8 Å². The Morgan fingerprint density at radius 2 is 1.88 bits per heavy atom. The molecule has 0 saturated carbocycles. The normalized spacial score (nSPS) is 10.2. The fourth-order valence-electron chi connectivity index (χ4n) is 1.03. The standard InChI is InChI=1S/C9H10Cl3N3O/c10-4-2-1-3-6(16)15-7-8(11)13-5-14-9(7)12/h5H,1-4H2,(H,15,16). The molecule has 1 heterocycles. The highest BCUT2D eigenvalue weighted by molar-refractivity contribution is 6.38. The number of nitrogens with one attached hydrogen (secondary N) is 1. The molecule has 0 bridgehead atoms. The van der Waals surface area contributed by atoms with Gasteiger partial charge in [-0.15, -0.1) is 11.6 Å². The van der Waals surface area contributed by atoms with Gasteiger partial charge < -0.3 is 5.32 Å². The van der Waals surface area contributed by atoms with Crippen LogP contribution in [0.5, 0.6) is 0 Å². The van der Waals surface area contributed by atoms with Crippen molar-refractivity contribution >= 4 is 46.4 Å². The molecule has 1 aromatic heterocycles. The fraction of sp³-hybridized carbons (Fsp3) is 0.444. The molecule has 1 amide bonds. The van der Waals surface area contributed by atoms with Gasteiger partial charge in [0, 0.05) is 12.3 Å². The summed E-state index contributed by atoms with van der Waals surface area (Å²) in [5.74, 6) is 0.368. The van der Waals surface area contributed by atoms with Crippen LogP contribution in [0.4, 0.5) is 5.69 Å². The van der Waals surface area contributed by atoms with E-state index in [1.807, 2.05) is 0 Å². The first kappa shape index (κ1) is 13.5. The van der Waals surface area contributed by atoms with Crippen molar-refractivity contribution in [1.82, 2.24) is 9.97 Å². The first-order chi connectivity index (χ1) is 7.65. The highest BCUT2D eigenvalue weighted by atomic mass is 35.5. The molecule has 88 valence electrons. The maximum Gasteiger partial charge on any atom is 0.224 e. The summed E-state index contributed by atoms with van der Waals surface area (Å²) < 4.78 is 0. The Morgan fingerprint density at radius 3 is 2.44 bits per heavy atom. The minimum absolute atomic E-state index is 0.130. The minimum Gasteiger partial charge on any atom is -0.321 e. The van der Waals surface area contributed by atoms with Gasteiger partial charge in [0.2, 0.25) is 5.91 Å². The summed E-state index contributed by atoms with van der Waals surface area (Å²) in [5.41, 5.74) is 0.252. The van der Waals surface area contributed by atoms with Crippen LogP contribution in [0.1, 0.15) is 19.3 Å². The van der Waals surface area contributed by atoms with Crippen molar-refractivity contribution in [3.8, 4) is 0 Å². The van der Waals surface area contributed by atoms with Gasteiger partial charge in [-0.2, -0.15) is 0 Å². The average Bonchev–Trinajstić information content (AvgIpc) is 2.24. The number of rotatable bonds is 5. The van der Waals surface area contributed by atoms with Crippen molar-refractivity contribution in [3.05, 3.63) is 16.6 Å². The second kappa shape index (κ2) is 6.89. The number of halogens is 3. The summed E-state index contributed by atoms with van der Waals surface area (Å²) in [6.45, 7) is 0. The Labute approximate surface area is 108 Å². The smallest absolute Gasteiger partial charge is 0.224 e. The molecule has 0 atom stereocenters. The Kier molecular flexibility index (Phi) is 5.80. The van der Waals surface area contributed by atoms with Gasteiger partial charge in [0.05, 0.1) is 0 Å². The molecule has 1 rings (SSSR count). The van der Waals surface area contributed by atoms with E-state index in [1.165, 1.54) is 6.33 Å². The third-order valence-corrected chi connectivity index (χ3v) is 2.65. The lowest BCUT2D eigenvalue weighted by molar-refractivity contribution is -0.116. The Balaban J connectivity index is 2.56. The second-order valence-electron chi connectivity index (χ2n) is 3.02. The van der Waals surface area contributed by atoms with Crippen molar-refractivity contribution in [1.29, 1.82) is 0 Å². The van der Waals surface area contributed by atoms with Gasteiger partial charge >= 0.3 is 0 Å². The van der Waals surface area contributed by atoms with Crippen molar-refractivity contribution in [3.63, 3.8) is 0 Å². The van der Waals surface area contributed by atoms with E-state index in [2.05, 4.69) is 15.3 Å². The molecule has 0 saturated heterocycles. The zero-order valence-corrected chi connectivity index (χ0v) is 10.6. The molecule has 0 radical (unpaired) electrons. The number of alkyl halides is 1. The molecule has 0 aliphatic carbocycles. The molecule has 0 unspecified atom stereocenters. The van der Waals surface area contributed by atoms with Crippen LogP contribution in [0.3, 0.4) is 0 Å². The summed E-state index contributed by atoms with van der Waals surface area (Å²) in [5, 5.41) is 2.83. The second-order valence-corrected chi connectivity index (χ2v) is 4.12. The molecule has 16 heavy (non-hydrogen) atoms. The lowest BCUT2D eigenvalue weighted by Crippen LogP contribution is -2.12. The Morgan fingerprint density at radius 1 is 1.25 bits per heavy atom. The zero-order valence-electron chi connectivity index (χ0n) is 8.34. The number of amides is 1. The van der Waals surface area contributed by atoms with Gasteiger partial charge in [-0.25, -0.2) is 9.97 Å². The molecule has 0 spiro atoms. The molecular formula is C9H10Cl3N3O. The van der Waals surface area contributed by atoms with Crippen LogP contribution in [-0.2, 0) is 4.79 Å². The average molecular weight is 283 g/mol. The van der Waals surface area contributed by atoms with Crippen LogP contribution in [0.25, 0.3) is 0 Å². The zero-order chi connectivity index (χ0) is 12.0. The third-order valence-electron chi connectivity index (χ3n) is 1.81. The van der Waals surface area contributed by atoms with Gasteiger partial charge in [-0.1, -0.05) is 23.2 Å². The molecule has 7 heteroatoms. The van der Waals surface area contributed by atoms with Crippen molar-refractivity contribution in [2.24, 2.45) is 0 Å². The van der Waals surface area contributed by atoms with Crippen LogP contribution in [-0.4, -0.2) is 21.8 Å². The first-order valence-corrected chi connectivity index (χ1v) is 5.96. The van der Waals surface area contributed by atoms with Crippen LogP contribution >= 0.6 is 34.8 Å². The number of hydrogen-bond acceptors (Lipinski definition) is 3. The summed E-state index contributed by atoms with van der Waals surface area (Å²) in [7, 11) is 0. The number of aromatic nitrogens is 2. The van der Waals surface area contributed by atoms with Crippen LogP contribution in [0, 0.1) is 0 Å². The molecule has 0 fully saturated rings. The van der Waals surface area contributed by atoms with Crippen LogP contribution < -0.4 is 5.32 Å². The Bertz CT molecular complexity index is 353. The lowest BCUT2D eigenvalue weighted by atomic mass is 10.2. The molecule has 4 nitrogen and oxygen atoms in total.